The molecule has 0 unspecified atom stereocenters. The van der Waals surface area contributed by atoms with Gasteiger partial charge in [0.2, 0.25) is 0 Å². The zero-order valence-electron chi connectivity index (χ0n) is 22.3. The van der Waals surface area contributed by atoms with Gasteiger partial charge >= 0.3 is 0 Å². The van der Waals surface area contributed by atoms with Crippen LogP contribution >= 0.6 is 7.92 Å². The highest BCUT2D eigenvalue weighted by Crippen LogP contribution is 2.55. The van der Waals surface area contributed by atoms with Gasteiger partial charge in [0, 0.05) is 11.3 Å². The highest BCUT2D eigenvalue weighted by Gasteiger charge is 2.33. The van der Waals surface area contributed by atoms with Gasteiger partial charge in [-0.2, -0.15) is 0 Å². The van der Waals surface area contributed by atoms with Crippen molar-refractivity contribution in [1.29, 1.82) is 0 Å². The third kappa shape index (κ3) is 5.84. The van der Waals surface area contributed by atoms with Gasteiger partial charge in [0.05, 0.1) is 5.69 Å². The first-order chi connectivity index (χ1) is 16.5. The molecule has 0 radical (unpaired) electrons. The zero-order valence-corrected chi connectivity index (χ0v) is 23.2. The Kier molecular flexibility index (Phi) is 9.03. The number of benzene rings is 2. The van der Waals surface area contributed by atoms with Crippen LogP contribution in [-0.4, -0.2) is 17.0 Å². The van der Waals surface area contributed by atoms with Crippen LogP contribution in [0.15, 0.2) is 47.5 Å². The molecule has 2 aromatic rings. The van der Waals surface area contributed by atoms with Crippen molar-refractivity contribution in [3.63, 3.8) is 0 Å². The fourth-order valence-corrected chi connectivity index (χ4v) is 10.3. The third-order valence-electron chi connectivity index (χ3n) is 8.13. The standard InChI is InChI=1S/C32H46NP/c1-23(2)28-20-14-21-29(24(3)4)32(28)33-25(5)30-19-12-13-22-31(30)34(26-15-8-6-9-16-26)27-17-10-7-11-18-27/h12-14,19-24,26-27H,6-11,15-18H2,1-5H3. The van der Waals surface area contributed by atoms with Gasteiger partial charge in [0.1, 0.15) is 0 Å². The van der Waals surface area contributed by atoms with Crippen LogP contribution in [0.3, 0.4) is 0 Å². The molecule has 0 atom stereocenters. The molecule has 2 aliphatic carbocycles. The maximum Gasteiger partial charge on any atom is 0.0702 e. The summed E-state index contributed by atoms with van der Waals surface area (Å²) in [6.45, 7) is 11.5. The van der Waals surface area contributed by atoms with Crippen LogP contribution in [0.4, 0.5) is 5.69 Å². The fraction of sp³-hybridized carbons (Fsp3) is 0.594. The van der Waals surface area contributed by atoms with Gasteiger partial charge in [-0.25, -0.2) is 0 Å². The Morgan fingerprint density at radius 1 is 0.706 bits per heavy atom. The van der Waals surface area contributed by atoms with Gasteiger partial charge in [-0.3, -0.25) is 4.99 Å². The summed E-state index contributed by atoms with van der Waals surface area (Å²) in [5.41, 5.74) is 8.45. The van der Waals surface area contributed by atoms with Crippen LogP contribution in [0, 0.1) is 0 Å². The molecule has 2 heteroatoms. The Hall–Kier alpha value is -1.46. The summed E-state index contributed by atoms with van der Waals surface area (Å²) in [4.78, 5) is 5.43. The van der Waals surface area contributed by atoms with Crippen molar-refractivity contribution in [2.75, 3.05) is 0 Å². The molecule has 0 heterocycles. The SMILES string of the molecule is CC(=Nc1c(C(C)C)cccc1C(C)C)c1ccccc1P(C1CCCCC1)C1CCCCC1. The van der Waals surface area contributed by atoms with E-state index in [1.807, 2.05) is 0 Å². The summed E-state index contributed by atoms with van der Waals surface area (Å²) in [6, 6.07) is 16.2. The van der Waals surface area contributed by atoms with Gasteiger partial charge in [-0.15, -0.1) is 0 Å². The van der Waals surface area contributed by atoms with E-state index in [0.717, 1.165) is 11.3 Å². The second-order valence-electron chi connectivity index (χ2n) is 11.3. The second kappa shape index (κ2) is 12.0. The molecule has 4 rings (SSSR count). The number of hydrogen-bond acceptors (Lipinski definition) is 1. The molecule has 0 amide bonds. The first-order valence-corrected chi connectivity index (χ1v) is 15.5. The Morgan fingerprint density at radius 2 is 1.21 bits per heavy atom. The van der Waals surface area contributed by atoms with Crippen molar-refractivity contribution >= 4 is 24.6 Å². The predicted octanol–water partition coefficient (Wildman–Crippen LogP) is 9.85. The lowest BCUT2D eigenvalue weighted by Gasteiger charge is -2.39. The van der Waals surface area contributed by atoms with Crippen molar-refractivity contribution < 1.29 is 0 Å². The topological polar surface area (TPSA) is 12.4 Å². The van der Waals surface area contributed by atoms with Crippen molar-refractivity contribution in [3.05, 3.63) is 59.2 Å². The van der Waals surface area contributed by atoms with Gasteiger partial charge in [-0.05, 0) is 72.2 Å². The summed E-state index contributed by atoms with van der Waals surface area (Å²) in [5.74, 6) is 0.948. The van der Waals surface area contributed by atoms with Crippen LogP contribution in [0.5, 0.6) is 0 Å². The van der Waals surface area contributed by atoms with Gasteiger partial charge in [0.15, 0.2) is 0 Å². The smallest absolute Gasteiger partial charge is 0.0702 e. The quantitative estimate of drug-likeness (QED) is 0.279. The first kappa shape index (κ1) is 25.6. The van der Waals surface area contributed by atoms with E-state index in [1.54, 1.807) is 5.30 Å². The summed E-state index contributed by atoms with van der Waals surface area (Å²) >= 11 is 0. The molecule has 2 saturated carbocycles. The molecular weight excluding hydrogens is 429 g/mol. The number of hydrogen-bond donors (Lipinski definition) is 0. The minimum absolute atomic E-state index is 0.141. The van der Waals surface area contributed by atoms with Crippen LogP contribution in [0.25, 0.3) is 0 Å². The zero-order chi connectivity index (χ0) is 24.1. The van der Waals surface area contributed by atoms with Crippen LogP contribution in [0.1, 0.15) is 127 Å². The summed E-state index contributed by atoms with van der Waals surface area (Å²) in [5, 5.41) is 1.66. The molecule has 2 fully saturated rings. The molecule has 0 aromatic heterocycles. The molecule has 0 saturated heterocycles. The van der Waals surface area contributed by atoms with Gasteiger partial charge in [0.25, 0.3) is 0 Å². The number of aliphatic imine (C=N–C) groups is 1. The summed E-state index contributed by atoms with van der Waals surface area (Å²) in [7, 11) is -0.141. The maximum absolute atomic E-state index is 5.43. The molecule has 0 aliphatic heterocycles. The van der Waals surface area contributed by atoms with E-state index in [0.29, 0.717) is 11.8 Å². The second-order valence-corrected chi connectivity index (χ2v) is 14.1. The van der Waals surface area contributed by atoms with Gasteiger partial charge < -0.3 is 0 Å². The van der Waals surface area contributed by atoms with E-state index in [2.05, 4.69) is 77.1 Å². The highest BCUT2D eigenvalue weighted by molar-refractivity contribution is 7.67. The number of nitrogens with zero attached hydrogens (tertiary/aromatic N) is 1. The highest BCUT2D eigenvalue weighted by atomic mass is 31.1. The fourth-order valence-electron chi connectivity index (χ4n) is 6.28. The van der Waals surface area contributed by atoms with Crippen LogP contribution < -0.4 is 5.30 Å². The lowest BCUT2D eigenvalue weighted by Crippen LogP contribution is -2.28. The molecule has 0 N–H and O–H groups in total. The van der Waals surface area contributed by atoms with Crippen LogP contribution in [0.2, 0.25) is 0 Å². The molecular formula is C32H46NP. The number of para-hydroxylation sites is 1. The summed E-state index contributed by atoms with van der Waals surface area (Å²) in [6.07, 6.45) is 14.4. The van der Waals surface area contributed by atoms with Crippen molar-refractivity contribution in [2.24, 2.45) is 4.99 Å². The largest absolute Gasteiger partial charge is 0.253 e. The lowest BCUT2D eigenvalue weighted by atomic mass is 9.93. The minimum atomic E-state index is -0.141. The number of rotatable bonds is 7. The summed E-state index contributed by atoms with van der Waals surface area (Å²) < 4.78 is 0. The average Bonchev–Trinajstić information content (AvgIpc) is 2.85. The molecule has 2 aromatic carbocycles. The molecule has 34 heavy (non-hydrogen) atoms. The normalized spacial score (nSPS) is 18.9. The maximum atomic E-state index is 5.43. The average molecular weight is 476 g/mol. The molecule has 1 nitrogen and oxygen atoms in total. The predicted molar refractivity (Wildman–Crippen MR) is 153 cm³/mol. The Bertz CT molecular complexity index is 916. The minimum Gasteiger partial charge on any atom is -0.253 e. The molecule has 2 aliphatic rings. The lowest BCUT2D eigenvalue weighted by molar-refractivity contribution is 0.487. The third-order valence-corrected chi connectivity index (χ3v) is 11.7. The molecule has 0 spiro atoms. The van der Waals surface area contributed by atoms with Crippen molar-refractivity contribution in [2.45, 2.75) is 122 Å². The molecule has 184 valence electrons. The monoisotopic (exact) mass is 475 g/mol. The van der Waals surface area contributed by atoms with Crippen molar-refractivity contribution in [1.82, 2.24) is 0 Å². The Morgan fingerprint density at radius 3 is 1.71 bits per heavy atom. The Labute approximate surface area is 210 Å². The van der Waals surface area contributed by atoms with E-state index in [-0.39, 0.29) is 7.92 Å². The first-order valence-electron chi connectivity index (χ1n) is 14.0. The Balaban J connectivity index is 1.79. The van der Waals surface area contributed by atoms with Gasteiger partial charge in [-0.1, -0.05) is 117 Å². The van der Waals surface area contributed by atoms with Crippen LogP contribution in [-0.2, 0) is 0 Å². The molecule has 0 bridgehead atoms. The van der Waals surface area contributed by atoms with E-state index in [4.69, 9.17) is 4.99 Å². The van der Waals surface area contributed by atoms with E-state index in [1.165, 1.54) is 92.3 Å². The van der Waals surface area contributed by atoms with E-state index >= 15 is 0 Å². The van der Waals surface area contributed by atoms with E-state index in [9.17, 15) is 0 Å². The van der Waals surface area contributed by atoms with Crippen molar-refractivity contribution in [3.8, 4) is 0 Å². The van der Waals surface area contributed by atoms with E-state index < -0.39 is 0 Å².